The van der Waals surface area contributed by atoms with Crippen molar-refractivity contribution in [3.8, 4) is 11.5 Å². The molecule has 2 rings (SSSR count). The average Bonchev–Trinajstić information content (AvgIpc) is 2.95. The van der Waals surface area contributed by atoms with E-state index in [1.165, 1.54) is 23.6 Å². The van der Waals surface area contributed by atoms with Gasteiger partial charge in [-0.15, -0.1) is 11.3 Å². The van der Waals surface area contributed by atoms with Crippen LogP contribution in [-0.2, 0) is 0 Å². The second kappa shape index (κ2) is 7.66. The standard InChI is InChI=1S/C13H18N6O2S/c1-2-8(14)3-5-16-12-17-9(7-22-12)11-15-6-4-10(18-11)19-13(20)21/h4,6-8H,2-3,5,14H2,1H3,(H,16,17)(H,20,21)(H,15,18,19). The smallest absolute Gasteiger partial charge is 0.410 e. The summed E-state index contributed by atoms with van der Waals surface area (Å²) >= 11 is 1.44. The lowest BCUT2D eigenvalue weighted by molar-refractivity contribution is 0.209. The van der Waals surface area contributed by atoms with Crippen LogP contribution in [0, 0.1) is 0 Å². The maximum absolute atomic E-state index is 10.6. The normalized spacial score (nSPS) is 11.9. The predicted octanol–water partition coefficient (Wildman–Crippen LogP) is 2.23. The summed E-state index contributed by atoms with van der Waals surface area (Å²) < 4.78 is 0. The molecule has 2 aromatic rings. The Morgan fingerprint density at radius 1 is 1.50 bits per heavy atom. The number of amides is 1. The minimum atomic E-state index is -1.17. The Hall–Kier alpha value is -2.26. The van der Waals surface area contributed by atoms with Crippen LogP contribution >= 0.6 is 11.3 Å². The van der Waals surface area contributed by atoms with Gasteiger partial charge in [-0.3, -0.25) is 5.32 Å². The van der Waals surface area contributed by atoms with Gasteiger partial charge >= 0.3 is 6.09 Å². The second-order valence-corrected chi connectivity index (χ2v) is 5.48. The van der Waals surface area contributed by atoms with E-state index in [0.717, 1.165) is 24.5 Å². The third kappa shape index (κ3) is 4.64. The van der Waals surface area contributed by atoms with Gasteiger partial charge in [0.15, 0.2) is 11.0 Å². The van der Waals surface area contributed by atoms with Gasteiger partial charge in [0.1, 0.15) is 11.5 Å². The van der Waals surface area contributed by atoms with Crippen LogP contribution in [0.25, 0.3) is 11.5 Å². The molecular weight excluding hydrogens is 304 g/mol. The minimum absolute atomic E-state index is 0.189. The molecule has 0 aliphatic rings. The van der Waals surface area contributed by atoms with Gasteiger partial charge in [-0.2, -0.15) is 0 Å². The van der Waals surface area contributed by atoms with Crippen molar-refractivity contribution < 1.29 is 9.90 Å². The Morgan fingerprint density at radius 3 is 3.05 bits per heavy atom. The number of carboxylic acid groups (broad SMARTS) is 1. The van der Waals surface area contributed by atoms with E-state index in [9.17, 15) is 4.79 Å². The fourth-order valence-electron chi connectivity index (χ4n) is 1.69. The fraction of sp³-hybridized carbons (Fsp3) is 0.385. The highest BCUT2D eigenvalue weighted by Crippen LogP contribution is 2.22. The van der Waals surface area contributed by atoms with Crippen molar-refractivity contribution in [3.63, 3.8) is 0 Å². The largest absolute Gasteiger partial charge is 0.465 e. The Kier molecular flexibility index (Phi) is 5.61. The molecule has 118 valence electrons. The Labute approximate surface area is 131 Å². The summed E-state index contributed by atoms with van der Waals surface area (Å²) in [6.07, 6.45) is 2.14. The van der Waals surface area contributed by atoms with Crippen molar-refractivity contribution in [2.24, 2.45) is 5.73 Å². The molecule has 5 N–H and O–H groups in total. The number of hydrogen-bond acceptors (Lipinski definition) is 7. The predicted molar refractivity (Wildman–Crippen MR) is 86.2 cm³/mol. The molecule has 8 nitrogen and oxygen atoms in total. The van der Waals surface area contributed by atoms with E-state index >= 15 is 0 Å². The highest BCUT2D eigenvalue weighted by molar-refractivity contribution is 7.14. The van der Waals surface area contributed by atoms with Crippen molar-refractivity contribution >= 4 is 28.4 Å². The number of thiazole rings is 1. The quantitative estimate of drug-likeness (QED) is 0.615. The number of rotatable bonds is 7. The van der Waals surface area contributed by atoms with Crippen LogP contribution in [0.5, 0.6) is 0 Å². The summed E-state index contributed by atoms with van der Waals surface area (Å²) in [7, 11) is 0. The number of anilines is 2. The van der Waals surface area contributed by atoms with Crippen molar-refractivity contribution in [3.05, 3.63) is 17.6 Å². The van der Waals surface area contributed by atoms with Crippen LogP contribution in [-0.4, -0.2) is 38.7 Å². The van der Waals surface area contributed by atoms with E-state index in [4.69, 9.17) is 10.8 Å². The van der Waals surface area contributed by atoms with E-state index < -0.39 is 6.09 Å². The van der Waals surface area contributed by atoms with Crippen molar-refractivity contribution in [2.75, 3.05) is 17.2 Å². The average molecular weight is 322 g/mol. The van der Waals surface area contributed by atoms with Gasteiger partial charge in [-0.25, -0.2) is 19.7 Å². The molecule has 0 saturated carbocycles. The summed E-state index contributed by atoms with van der Waals surface area (Å²) in [4.78, 5) is 23.2. The lowest BCUT2D eigenvalue weighted by Gasteiger charge is -2.08. The summed E-state index contributed by atoms with van der Waals surface area (Å²) in [5, 5.41) is 16.7. The minimum Gasteiger partial charge on any atom is -0.465 e. The SMILES string of the molecule is CCC(N)CCNc1nc(-c2nccc(NC(=O)O)n2)cs1. The molecule has 2 heterocycles. The van der Waals surface area contributed by atoms with Gasteiger partial charge in [0.25, 0.3) is 0 Å². The molecule has 1 atom stereocenters. The molecule has 0 fully saturated rings. The first kappa shape index (κ1) is 16.1. The third-order valence-corrected chi connectivity index (χ3v) is 3.74. The third-order valence-electron chi connectivity index (χ3n) is 2.94. The molecule has 9 heteroatoms. The first-order chi connectivity index (χ1) is 10.6. The molecule has 1 amide bonds. The topological polar surface area (TPSA) is 126 Å². The Morgan fingerprint density at radius 2 is 2.32 bits per heavy atom. The van der Waals surface area contributed by atoms with Crippen molar-refractivity contribution in [2.45, 2.75) is 25.8 Å². The summed E-state index contributed by atoms with van der Waals surface area (Å²) in [5.74, 6) is 0.592. The van der Waals surface area contributed by atoms with E-state index in [2.05, 4.69) is 32.5 Å². The number of hydrogen-bond donors (Lipinski definition) is 4. The molecule has 0 aromatic carbocycles. The van der Waals surface area contributed by atoms with E-state index in [-0.39, 0.29) is 11.9 Å². The first-order valence-corrected chi connectivity index (χ1v) is 7.74. The van der Waals surface area contributed by atoms with E-state index in [0.29, 0.717) is 11.5 Å². The molecule has 0 spiro atoms. The van der Waals surface area contributed by atoms with Gasteiger partial charge in [0, 0.05) is 24.2 Å². The second-order valence-electron chi connectivity index (χ2n) is 4.62. The van der Waals surface area contributed by atoms with Crippen LogP contribution in [0.15, 0.2) is 17.6 Å². The molecule has 0 bridgehead atoms. The van der Waals surface area contributed by atoms with Crippen molar-refractivity contribution in [1.82, 2.24) is 15.0 Å². The summed E-state index contributed by atoms with van der Waals surface area (Å²) in [6.45, 7) is 2.81. The van der Waals surface area contributed by atoms with Crippen molar-refractivity contribution in [1.29, 1.82) is 0 Å². The Balaban J connectivity index is 2.00. The first-order valence-electron chi connectivity index (χ1n) is 6.86. The van der Waals surface area contributed by atoms with Gasteiger partial charge in [0.05, 0.1) is 0 Å². The zero-order valence-electron chi connectivity index (χ0n) is 12.1. The number of nitrogens with one attached hydrogen (secondary N) is 2. The van der Waals surface area contributed by atoms with Crippen LogP contribution in [0.2, 0.25) is 0 Å². The zero-order valence-corrected chi connectivity index (χ0v) is 12.9. The van der Waals surface area contributed by atoms with Gasteiger partial charge in [0.2, 0.25) is 0 Å². The molecule has 1 unspecified atom stereocenters. The molecule has 0 saturated heterocycles. The molecule has 0 aliphatic heterocycles. The highest BCUT2D eigenvalue weighted by Gasteiger charge is 2.09. The number of carbonyl (C=O) groups is 1. The lowest BCUT2D eigenvalue weighted by Crippen LogP contribution is -2.22. The monoisotopic (exact) mass is 322 g/mol. The number of nitrogens with zero attached hydrogens (tertiary/aromatic N) is 3. The molecule has 0 radical (unpaired) electrons. The highest BCUT2D eigenvalue weighted by atomic mass is 32.1. The van der Waals surface area contributed by atoms with Gasteiger partial charge < -0.3 is 16.2 Å². The molecule has 2 aromatic heterocycles. The maximum atomic E-state index is 10.6. The van der Waals surface area contributed by atoms with Crippen LogP contribution in [0.4, 0.5) is 15.7 Å². The summed E-state index contributed by atoms with van der Waals surface area (Å²) in [5.41, 5.74) is 6.46. The molecular formula is C13H18N6O2S. The molecule has 22 heavy (non-hydrogen) atoms. The zero-order chi connectivity index (χ0) is 15.9. The summed E-state index contributed by atoms with van der Waals surface area (Å²) in [6, 6.07) is 1.67. The number of nitrogens with two attached hydrogens (primary N) is 1. The van der Waals surface area contributed by atoms with Gasteiger partial charge in [-0.05, 0) is 18.9 Å². The van der Waals surface area contributed by atoms with Gasteiger partial charge in [-0.1, -0.05) is 6.92 Å². The van der Waals surface area contributed by atoms with Crippen LogP contribution in [0.1, 0.15) is 19.8 Å². The van der Waals surface area contributed by atoms with E-state index in [1.54, 1.807) is 0 Å². The number of aromatic nitrogens is 3. The van der Waals surface area contributed by atoms with Crippen LogP contribution < -0.4 is 16.4 Å². The fourth-order valence-corrected chi connectivity index (χ4v) is 2.41. The lowest BCUT2D eigenvalue weighted by atomic mass is 10.2. The molecule has 0 aliphatic carbocycles. The van der Waals surface area contributed by atoms with E-state index in [1.807, 2.05) is 5.38 Å². The Bertz CT molecular complexity index is 632. The maximum Gasteiger partial charge on any atom is 0.410 e. The van der Waals surface area contributed by atoms with Crippen LogP contribution in [0.3, 0.4) is 0 Å².